The normalized spacial score (nSPS) is 17.2. The molecule has 0 saturated heterocycles. The number of carbonyl (C=O) groups is 1. The van der Waals surface area contributed by atoms with E-state index >= 15 is 0 Å². The van der Waals surface area contributed by atoms with E-state index in [1.54, 1.807) is 54.8 Å². The molecule has 7 nitrogen and oxygen atoms in total. The number of benzene rings is 2. The molecule has 1 aliphatic rings. The first-order valence-electron chi connectivity index (χ1n) is 9.31. The lowest BCUT2D eigenvalue weighted by molar-refractivity contribution is 0.0953. The van der Waals surface area contributed by atoms with Crippen LogP contribution in [0.5, 0.6) is 0 Å². The Morgan fingerprint density at radius 1 is 1.03 bits per heavy atom. The van der Waals surface area contributed by atoms with E-state index in [0.29, 0.717) is 17.8 Å². The number of anilines is 1. The summed E-state index contributed by atoms with van der Waals surface area (Å²) in [4.78, 5) is 12.5. The lowest BCUT2D eigenvalue weighted by Gasteiger charge is -2.28. The fourth-order valence-electron chi connectivity index (χ4n) is 3.22. The summed E-state index contributed by atoms with van der Waals surface area (Å²) >= 11 is 0. The van der Waals surface area contributed by atoms with Crippen LogP contribution in [0.1, 0.15) is 34.3 Å². The summed E-state index contributed by atoms with van der Waals surface area (Å²) in [5, 5.41) is 6.05. The van der Waals surface area contributed by atoms with Crippen molar-refractivity contribution in [3.8, 4) is 0 Å². The second-order valence-corrected chi connectivity index (χ2v) is 8.44. The molecule has 1 unspecified atom stereocenters. The van der Waals surface area contributed by atoms with Gasteiger partial charge in [-0.2, -0.15) is 4.72 Å². The third kappa shape index (κ3) is 4.33. The second-order valence-electron chi connectivity index (χ2n) is 6.76. The number of amides is 1. The smallest absolute Gasteiger partial charge is 0.251 e. The number of carbonyl (C=O) groups excluding carboxylic acids is 1. The Bertz CT molecular complexity index is 1090. The van der Waals surface area contributed by atoms with Gasteiger partial charge in [0.2, 0.25) is 10.0 Å². The van der Waals surface area contributed by atoms with Crippen LogP contribution in [-0.2, 0) is 16.4 Å². The van der Waals surface area contributed by atoms with E-state index in [2.05, 4.69) is 15.4 Å². The van der Waals surface area contributed by atoms with Gasteiger partial charge in [0.15, 0.2) is 0 Å². The molecular formula is C21H21N3O4S. The van der Waals surface area contributed by atoms with Crippen molar-refractivity contribution in [3.63, 3.8) is 0 Å². The highest BCUT2D eigenvalue weighted by Crippen LogP contribution is 2.30. The van der Waals surface area contributed by atoms with Crippen molar-refractivity contribution in [1.82, 2.24) is 10.0 Å². The van der Waals surface area contributed by atoms with Crippen molar-refractivity contribution in [1.29, 1.82) is 0 Å². The monoisotopic (exact) mass is 411 g/mol. The number of para-hydroxylation sites is 1. The molecule has 8 heteroatoms. The maximum absolute atomic E-state index is 12.4. The number of sulfonamides is 1. The lowest BCUT2D eigenvalue weighted by Crippen LogP contribution is -2.38. The molecule has 0 spiro atoms. The van der Waals surface area contributed by atoms with Gasteiger partial charge in [-0.3, -0.25) is 4.79 Å². The topological polar surface area (TPSA) is 100 Å². The van der Waals surface area contributed by atoms with Gasteiger partial charge in [0.05, 0.1) is 12.0 Å². The first-order valence-corrected chi connectivity index (χ1v) is 10.8. The van der Waals surface area contributed by atoms with Crippen LogP contribution in [0.25, 0.3) is 0 Å². The average Bonchev–Trinajstić information content (AvgIpc) is 3.24. The zero-order chi connectivity index (χ0) is 20.3. The minimum absolute atomic E-state index is 0.168. The van der Waals surface area contributed by atoms with Crippen LogP contribution in [0.2, 0.25) is 0 Å². The fraction of sp³-hybridized carbons (Fsp3) is 0.190. The van der Waals surface area contributed by atoms with Crippen molar-refractivity contribution in [3.05, 3.63) is 83.8 Å². The standard InChI is InChI=1S/C21H21N3O4S/c25-21(22-13-3-5-17-6-4-14-28-17)16-11-9-15(10-12-16)20-23-18-7-1-2-8-19(18)29(26,27)24-20/h1-2,4,6-12,14,20,23-24H,3,5,13H2,(H,22,25). The molecular weight excluding hydrogens is 390 g/mol. The van der Waals surface area contributed by atoms with E-state index in [9.17, 15) is 13.2 Å². The number of aryl methyl sites for hydroxylation is 1. The minimum atomic E-state index is -3.60. The van der Waals surface area contributed by atoms with Crippen LogP contribution in [0.3, 0.4) is 0 Å². The highest BCUT2D eigenvalue weighted by molar-refractivity contribution is 7.89. The van der Waals surface area contributed by atoms with E-state index in [1.165, 1.54) is 0 Å². The van der Waals surface area contributed by atoms with Gasteiger partial charge >= 0.3 is 0 Å². The number of fused-ring (bicyclic) bond motifs is 1. The summed E-state index contributed by atoms with van der Waals surface area (Å²) < 4.78 is 32.8. The predicted molar refractivity (Wildman–Crippen MR) is 109 cm³/mol. The van der Waals surface area contributed by atoms with E-state index < -0.39 is 16.2 Å². The third-order valence-corrected chi connectivity index (χ3v) is 6.20. The van der Waals surface area contributed by atoms with Gasteiger partial charge in [-0.05, 0) is 48.4 Å². The van der Waals surface area contributed by atoms with Crippen LogP contribution in [-0.4, -0.2) is 20.9 Å². The predicted octanol–water partition coefficient (Wildman–Crippen LogP) is 3.04. The van der Waals surface area contributed by atoms with E-state index in [1.807, 2.05) is 12.1 Å². The summed E-state index contributed by atoms with van der Waals surface area (Å²) in [5.41, 5.74) is 1.79. The molecule has 29 heavy (non-hydrogen) atoms. The molecule has 1 aliphatic heterocycles. The highest BCUT2D eigenvalue weighted by atomic mass is 32.2. The SMILES string of the molecule is O=C(NCCCc1ccco1)c1ccc(C2Nc3ccccc3S(=O)(=O)N2)cc1. The maximum Gasteiger partial charge on any atom is 0.251 e. The van der Waals surface area contributed by atoms with Gasteiger partial charge in [0.25, 0.3) is 5.91 Å². The van der Waals surface area contributed by atoms with E-state index in [-0.39, 0.29) is 10.8 Å². The number of hydrogen-bond donors (Lipinski definition) is 3. The molecule has 0 bridgehead atoms. The van der Waals surface area contributed by atoms with Crippen molar-refractivity contribution in [2.75, 3.05) is 11.9 Å². The van der Waals surface area contributed by atoms with Crippen LogP contribution in [0.15, 0.2) is 76.2 Å². The fourth-order valence-corrected chi connectivity index (χ4v) is 4.53. The molecule has 4 rings (SSSR count). The third-order valence-electron chi connectivity index (χ3n) is 4.72. The maximum atomic E-state index is 12.4. The number of rotatable bonds is 6. The molecule has 3 N–H and O–H groups in total. The Balaban J connectivity index is 1.37. The van der Waals surface area contributed by atoms with Gasteiger partial charge in [-0.1, -0.05) is 24.3 Å². The van der Waals surface area contributed by atoms with E-state index in [4.69, 9.17) is 4.42 Å². The molecule has 0 fully saturated rings. The summed E-state index contributed by atoms with van der Waals surface area (Å²) in [6.45, 7) is 0.544. The van der Waals surface area contributed by atoms with Gasteiger partial charge in [0.1, 0.15) is 16.8 Å². The lowest BCUT2D eigenvalue weighted by atomic mass is 10.1. The summed E-state index contributed by atoms with van der Waals surface area (Å²) in [6, 6.07) is 17.4. The molecule has 150 valence electrons. The Labute approximate surface area is 169 Å². The minimum Gasteiger partial charge on any atom is -0.469 e. The van der Waals surface area contributed by atoms with Crippen LogP contribution in [0, 0.1) is 0 Å². The Hall–Kier alpha value is -3.10. The summed E-state index contributed by atoms with van der Waals surface area (Å²) in [7, 11) is -3.60. The molecule has 0 radical (unpaired) electrons. The molecule has 1 atom stereocenters. The molecule has 1 aromatic heterocycles. The Morgan fingerprint density at radius 3 is 2.59 bits per heavy atom. The molecule has 2 heterocycles. The van der Waals surface area contributed by atoms with E-state index in [0.717, 1.165) is 24.2 Å². The average molecular weight is 411 g/mol. The molecule has 0 aliphatic carbocycles. The largest absolute Gasteiger partial charge is 0.469 e. The van der Waals surface area contributed by atoms with Crippen LogP contribution < -0.4 is 15.4 Å². The van der Waals surface area contributed by atoms with Crippen molar-refractivity contribution < 1.29 is 17.6 Å². The van der Waals surface area contributed by atoms with Gasteiger partial charge < -0.3 is 15.1 Å². The zero-order valence-electron chi connectivity index (χ0n) is 15.6. The quantitative estimate of drug-likeness (QED) is 0.542. The van der Waals surface area contributed by atoms with Crippen LogP contribution >= 0.6 is 0 Å². The van der Waals surface area contributed by atoms with Gasteiger partial charge in [0, 0.05) is 18.5 Å². The van der Waals surface area contributed by atoms with Gasteiger partial charge in [-0.15, -0.1) is 0 Å². The molecule has 1 amide bonds. The van der Waals surface area contributed by atoms with Crippen molar-refractivity contribution >= 4 is 21.6 Å². The van der Waals surface area contributed by atoms with Gasteiger partial charge in [-0.25, -0.2) is 8.42 Å². The zero-order valence-corrected chi connectivity index (χ0v) is 16.4. The number of nitrogens with one attached hydrogen (secondary N) is 3. The summed E-state index contributed by atoms with van der Waals surface area (Å²) in [5.74, 6) is 0.728. The first kappa shape index (κ1) is 19.2. The summed E-state index contributed by atoms with van der Waals surface area (Å²) in [6.07, 6.45) is 2.58. The Morgan fingerprint density at radius 2 is 1.83 bits per heavy atom. The molecule has 2 aromatic carbocycles. The highest BCUT2D eigenvalue weighted by Gasteiger charge is 2.29. The molecule has 0 saturated carbocycles. The van der Waals surface area contributed by atoms with Crippen LogP contribution in [0.4, 0.5) is 5.69 Å². The molecule has 3 aromatic rings. The first-order chi connectivity index (χ1) is 14.0. The second kappa shape index (κ2) is 8.10. The van der Waals surface area contributed by atoms with Crippen molar-refractivity contribution in [2.24, 2.45) is 0 Å². The number of hydrogen-bond acceptors (Lipinski definition) is 5. The number of furan rings is 1. The van der Waals surface area contributed by atoms with Crippen molar-refractivity contribution in [2.45, 2.75) is 23.9 Å². The Kier molecular flexibility index (Phi) is 5.37.